The van der Waals surface area contributed by atoms with Crippen molar-refractivity contribution in [1.29, 1.82) is 0 Å². The predicted octanol–water partition coefficient (Wildman–Crippen LogP) is 4.81. The number of rotatable bonds is 6. The lowest BCUT2D eigenvalue weighted by atomic mass is 9.91. The van der Waals surface area contributed by atoms with Crippen LogP contribution in [0.1, 0.15) is 20.9 Å². The third-order valence-corrected chi connectivity index (χ3v) is 7.53. The Morgan fingerprint density at radius 3 is 2.44 bits per heavy atom. The maximum Gasteiger partial charge on any atom is 0.267 e. The fraction of sp³-hybridized carbons (Fsp3) is 0.259. The van der Waals surface area contributed by atoms with Crippen molar-refractivity contribution in [1.82, 2.24) is 9.88 Å². The summed E-state index contributed by atoms with van der Waals surface area (Å²) in [5.74, 6) is 1.50. The SMILES string of the molecule is COc1cc(OC)c(-c2c3c(nc4sc(C(=O)Nc5ccccc5)c(N)c24)CCN(C)C3)cc1OC. The lowest BCUT2D eigenvalue weighted by Crippen LogP contribution is -2.28. The number of nitrogen functional groups attached to an aromatic ring is 1. The number of methoxy groups -OCH3 is 3. The zero-order valence-corrected chi connectivity index (χ0v) is 21.5. The van der Waals surface area contributed by atoms with E-state index < -0.39 is 0 Å². The Bertz CT molecular complexity index is 1450. The molecular weight excluding hydrogens is 476 g/mol. The fourth-order valence-corrected chi connectivity index (χ4v) is 5.68. The average Bonchev–Trinajstić information content (AvgIpc) is 3.23. The van der Waals surface area contributed by atoms with Crippen molar-refractivity contribution >= 4 is 38.8 Å². The minimum Gasteiger partial charge on any atom is -0.496 e. The Balaban J connectivity index is 1.77. The van der Waals surface area contributed by atoms with Crippen molar-refractivity contribution in [2.75, 3.05) is 46.0 Å². The molecule has 0 radical (unpaired) electrons. The molecule has 0 fully saturated rings. The molecule has 3 heterocycles. The first kappa shape index (κ1) is 23.9. The van der Waals surface area contributed by atoms with Gasteiger partial charge in [-0.2, -0.15) is 0 Å². The molecule has 0 saturated heterocycles. The van der Waals surface area contributed by atoms with Crippen LogP contribution in [0.4, 0.5) is 11.4 Å². The van der Waals surface area contributed by atoms with E-state index in [-0.39, 0.29) is 5.91 Å². The molecule has 0 atom stereocenters. The molecule has 186 valence electrons. The van der Waals surface area contributed by atoms with Crippen LogP contribution in [0.3, 0.4) is 0 Å². The molecule has 1 aliphatic heterocycles. The fourth-order valence-electron chi connectivity index (χ4n) is 4.66. The highest BCUT2D eigenvalue weighted by atomic mass is 32.1. The molecule has 0 bridgehead atoms. The van der Waals surface area contributed by atoms with Gasteiger partial charge in [-0.15, -0.1) is 11.3 Å². The Morgan fingerprint density at radius 2 is 1.75 bits per heavy atom. The number of fused-ring (bicyclic) bond motifs is 2. The summed E-state index contributed by atoms with van der Waals surface area (Å²) in [6.45, 7) is 1.60. The molecule has 1 amide bonds. The van der Waals surface area contributed by atoms with Gasteiger partial charge in [-0.3, -0.25) is 4.79 Å². The highest BCUT2D eigenvalue weighted by Crippen LogP contribution is 2.48. The molecule has 36 heavy (non-hydrogen) atoms. The first-order chi connectivity index (χ1) is 17.4. The summed E-state index contributed by atoms with van der Waals surface area (Å²) in [6.07, 6.45) is 0.799. The van der Waals surface area contributed by atoms with Crippen molar-refractivity contribution < 1.29 is 19.0 Å². The third kappa shape index (κ3) is 4.10. The quantitative estimate of drug-likeness (QED) is 0.389. The lowest BCUT2D eigenvalue weighted by molar-refractivity contribution is 0.103. The van der Waals surface area contributed by atoms with Crippen molar-refractivity contribution in [3.05, 3.63) is 58.6 Å². The monoisotopic (exact) mass is 504 g/mol. The number of amides is 1. The van der Waals surface area contributed by atoms with Gasteiger partial charge in [0.2, 0.25) is 0 Å². The summed E-state index contributed by atoms with van der Waals surface area (Å²) in [5.41, 5.74) is 11.6. The Hall–Kier alpha value is -3.82. The smallest absolute Gasteiger partial charge is 0.267 e. The average molecular weight is 505 g/mol. The molecule has 9 heteroatoms. The summed E-state index contributed by atoms with van der Waals surface area (Å²) < 4.78 is 16.9. The zero-order valence-electron chi connectivity index (χ0n) is 20.7. The number of nitrogens with zero attached hydrogens (tertiary/aromatic N) is 2. The number of anilines is 2. The lowest BCUT2D eigenvalue weighted by Gasteiger charge is -2.27. The molecule has 8 nitrogen and oxygen atoms in total. The standard InChI is InChI=1S/C27H28N4O4S/c1-31-11-10-18-17(14-31)22(16-12-20(34-3)21(35-4)13-19(16)33-2)23-24(28)25(36-27(23)30-18)26(32)29-15-8-6-5-7-9-15/h5-9,12-13H,10-11,14,28H2,1-4H3,(H,29,32). The number of nitrogens with two attached hydrogens (primary N) is 1. The van der Waals surface area contributed by atoms with Crippen molar-refractivity contribution in [3.63, 3.8) is 0 Å². The number of aromatic nitrogens is 1. The minimum absolute atomic E-state index is 0.262. The summed E-state index contributed by atoms with van der Waals surface area (Å²) in [4.78, 5) is 21.6. The maximum atomic E-state index is 13.3. The van der Waals surface area contributed by atoms with Crippen LogP contribution in [-0.2, 0) is 13.0 Å². The first-order valence-corrected chi connectivity index (χ1v) is 12.4. The van der Waals surface area contributed by atoms with Gasteiger partial charge in [0, 0.05) is 53.5 Å². The molecule has 0 unspecified atom stereocenters. The normalized spacial score (nSPS) is 13.3. The van der Waals surface area contributed by atoms with Gasteiger partial charge < -0.3 is 30.2 Å². The van der Waals surface area contributed by atoms with Gasteiger partial charge in [0.1, 0.15) is 15.5 Å². The molecule has 3 N–H and O–H groups in total. The molecule has 4 aromatic rings. The number of likely N-dealkylation sites (N-methyl/N-ethyl adjacent to an activating group) is 1. The Kier molecular flexibility index (Phi) is 6.42. The zero-order chi connectivity index (χ0) is 25.4. The van der Waals surface area contributed by atoms with E-state index in [1.807, 2.05) is 42.5 Å². The van der Waals surface area contributed by atoms with Gasteiger partial charge in [0.15, 0.2) is 11.5 Å². The van der Waals surface area contributed by atoms with E-state index in [1.165, 1.54) is 11.3 Å². The van der Waals surface area contributed by atoms with Crippen molar-refractivity contribution in [2.24, 2.45) is 0 Å². The second-order valence-corrected chi connectivity index (χ2v) is 9.65. The second kappa shape index (κ2) is 9.67. The number of nitrogens with one attached hydrogen (secondary N) is 1. The van der Waals surface area contributed by atoms with Crippen LogP contribution in [-0.4, -0.2) is 50.7 Å². The molecule has 0 aliphatic carbocycles. The van der Waals surface area contributed by atoms with Gasteiger partial charge in [0.05, 0.1) is 27.0 Å². The topological polar surface area (TPSA) is 98.9 Å². The van der Waals surface area contributed by atoms with E-state index in [0.29, 0.717) is 40.0 Å². The molecule has 5 rings (SSSR count). The second-order valence-electron chi connectivity index (χ2n) is 8.65. The van der Waals surface area contributed by atoms with Gasteiger partial charge >= 0.3 is 0 Å². The minimum atomic E-state index is -0.262. The van der Waals surface area contributed by atoms with E-state index in [2.05, 4.69) is 17.3 Å². The first-order valence-electron chi connectivity index (χ1n) is 11.5. The van der Waals surface area contributed by atoms with Crippen LogP contribution < -0.4 is 25.3 Å². The summed E-state index contributed by atoms with van der Waals surface area (Å²) in [6, 6.07) is 13.0. The number of para-hydroxylation sites is 1. The largest absolute Gasteiger partial charge is 0.496 e. The van der Waals surface area contributed by atoms with Gasteiger partial charge in [-0.1, -0.05) is 18.2 Å². The van der Waals surface area contributed by atoms with Crippen LogP contribution in [0.15, 0.2) is 42.5 Å². The number of carbonyl (C=O) groups excluding carboxylic acids is 1. The molecule has 2 aromatic carbocycles. The molecule has 0 spiro atoms. The van der Waals surface area contributed by atoms with Crippen molar-refractivity contribution in [3.8, 4) is 28.4 Å². The third-order valence-electron chi connectivity index (χ3n) is 6.43. The predicted molar refractivity (Wildman–Crippen MR) is 144 cm³/mol. The van der Waals surface area contributed by atoms with Gasteiger partial charge in [-0.05, 0) is 30.8 Å². The van der Waals surface area contributed by atoms with E-state index >= 15 is 0 Å². The van der Waals surface area contributed by atoms with E-state index in [9.17, 15) is 4.79 Å². The molecule has 2 aromatic heterocycles. The van der Waals surface area contributed by atoms with Crippen LogP contribution in [0.25, 0.3) is 21.3 Å². The van der Waals surface area contributed by atoms with Crippen LogP contribution in [0.5, 0.6) is 17.2 Å². The Labute approximate surface area is 213 Å². The van der Waals surface area contributed by atoms with Gasteiger partial charge in [0.25, 0.3) is 5.91 Å². The number of carbonyl (C=O) groups is 1. The summed E-state index contributed by atoms with van der Waals surface area (Å²) >= 11 is 1.31. The van der Waals surface area contributed by atoms with Crippen LogP contribution in [0, 0.1) is 0 Å². The number of hydrogen-bond acceptors (Lipinski definition) is 8. The van der Waals surface area contributed by atoms with E-state index in [4.69, 9.17) is 24.9 Å². The number of benzene rings is 2. The number of thiophene rings is 1. The highest BCUT2D eigenvalue weighted by Gasteiger charge is 2.29. The Morgan fingerprint density at radius 1 is 1.06 bits per heavy atom. The van der Waals surface area contributed by atoms with Crippen molar-refractivity contribution in [2.45, 2.75) is 13.0 Å². The maximum absolute atomic E-state index is 13.3. The van der Waals surface area contributed by atoms with E-state index in [0.717, 1.165) is 45.6 Å². The number of hydrogen-bond donors (Lipinski definition) is 2. The van der Waals surface area contributed by atoms with Gasteiger partial charge in [-0.25, -0.2) is 4.98 Å². The summed E-state index contributed by atoms with van der Waals surface area (Å²) in [7, 11) is 6.90. The van der Waals surface area contributed by atoms with Crippen LogP contribution >= 0.6 is 11.3 Å². The number of pyridine rings is 1. The van der Waals surface area contributed by atoms with Crippen LogP contribution in [0.2, 0.25) is 0 Å². The van der Waals surface area contributed by atoms with E-state index in [1.54, 1.807) is 21.3 Å². The number of ether oxygens (including phenoxy) is 3. The molecule has 1 aliphatic rings. The molecule has 0 saturated carbocycles. The highest BCUT2D eigenvalue weighted by molar-refractivity contribution is 7.21. The summed E-state index contributed by atoms with van der Waals surface area (Å²) in [5, 5.41) is 3.69. The molecular formula is C27H28N4O4S.